The molecule has 3 aromatic rings. The molecule has 0 amide bonds. The second-order valence-corrected chi connectivity index (χ2v) is 7.81. The van der Waals surface area contributed by atoms with Gasteiger partial charge < -0.3 is 5.11 Å². The third kappa shape index (κ3) is 3.58. The molecule has 0 radical (unpaired) electrons. The molecule has 3 aromatic carbocycles. The van der Waals surface area contributed by atoms with E-state index >= 15 is 0 Å². The first kappa shape index (κ1) is 18.5. The summed E-state index contributed by atoms with van der Waals surface area (Å²) in [5.41, 5.74) is 4.62. The Labute approximate surface area is 166 Å². The highest BCUT2D eigenvalue weighted by molar-refractivity contribution is 5.73. The Morgan fingerprint density at radius 3 is 1.82 bits per heavy atom. The molecule has 3 nitrogen and oxygen atoms in total. The third-order valence-corrected chi connectivity index (χ3v) is 5.97. The van der Waals surface area contributed by atoms with E-state index < -0.39 is 11.9 Å². The molecule has 0 spiro atoms. The molecule has 0 bridgehead atoms. The molecule has 1 saturated heterocycles. The lowest BCUT2D eigenvalue weighted by Gasteiger charge is -2.29. The van der Waals surface area contributed by atoms with Crippen molar-refractivity contribution >= 4 is 11.7 Å². The summed E-state index contributed by atoms with van der Waals surface area (Å²) in [7, 11) is 0. The highest BCUT2D eigenvalue weighted by atomic mass is 16.4. The minimum absolute atomic E-state index is 0.167. The Kier molecular flexibility index (Phi) is 5.01. The van der Waals surface area contributed by atoms with Crippen LogP contribution in [0.4, 0.5) is 5.69 Å². The van der Waals surface area contributed by atoms with Crippen molar-refractivity contribution in [1.82, 2.24) is 4.48 Å². The van der Waals surface area contributed by atoms with Gasteiger partial charge >= 0.3 is 5.97 Å². The number of nitrogens with zero attached hydrogens (tertiary/aromatic N) is 1. The van der Waals surface area contributed by atoms with Crippen LogP contribution in [0.25, 0.3) is 0 Å². The second-order valence-electron chi connectivity index (χ2n) is 7.81. The quantitative estimate of drug-likeness (QED) is 0.475. The van der Waals surface area contributed by atoms with E-state index in [0.717, 1.165) is 28.7 Å². The molecular weight excluding hydrogens is 346 g/mol. The van der Waals surface area contributed by atoms with Gasteiger partial charge in [0, 0.05) is 11.5 Å². The van der Waals surface area contributed by atoms with Gasteiger partial charge in [-0.1, -0.05) is 78.9 Å². The fourth-order valence-electron chi connectivity index (χ4n) is 4.42. The van der Waals surface area contributed by atoms with Crippen LogP contribution in [0.3, 0.4) is 0 Å². The average Bonchev–Trinajstić information content (AvgIpc) is 3.50. The number of rotatable bonds is 7. The first-order chi connectivity index (χ1) is 13.6. The molecule has 3 heteroatoms. The fraction of sp³-hybridized carbons (Fsp3) is 0.240. The smallest absolute Gasteiger partial charge is 0.313 e. The summed E-state index contributed by atoms with van der Waals surface area (Å²) in [6.45, 7) is 4.74. The Balaban J connectivity index is 1.75. The normalized spacial score (nSPS) is 15.9. The predicted molar refractivity (Wildman–Crippen MR) is 113 cm³/mol. The van der Waals surface area contributed by atoms with Gasteiger partial charge in [-0.25, -0.2) is 0 Å². The summed E-state index contributed by atoms with van der Waals surface area (Å²) in [5, 5.41) is 10.3. The number of hydrogen-bond donors (Lipinski definition) is 1. The van der Waals surface area contributed by atoms with E-state index in [2.05, 4.69) is 25.1 Å². The maximum Gasteiger partial charge on any atom is 0.313 e. The van der Waals surface area contributed by atoms with Crippen LogP contribution in [-0.2, 0) is 4.79 Å². The van der Waals surface area contributed by atoms with Gasteiger partial charge in [-0.15, -0.1) is 0 Å². The largest absolute Gasteiger partial charge is 0.481 e. The van der Waals surface area contributed by atoms with Crippen molar-refractivity contribution < 1.29 is 9.90 Å². The predicted octanol–water partition coefficient (Wildman–Crippen LogP) is 4.85. The van der Waals surface area contributed by atoms with Crippen LogP contribution in [0, 0.1) is 12.8 Å². The number of carboxylic acid groups (broad SMARTS) is 1. The summed E-state index contributed by atoms with van der Waals surface area (Å²) in [4.78, 5) is 12.5. The average molecular weight is 372 g/mol. The minimum Gasteiger partial charge on any atom is -0.481 e. The Morgan fingerprint density at radius 2 is 1.36 bits per heavy atom. The van der Waals surface area contributed by atoms with E-state index in [0.29, 0.717) is 6.54 Å². The van der Waals surface area contributed by atoms with Gasteiger partial charge in [-0.3, -0.25) is 9.28 Å². The first-order valence-electron chi connectivity index (χ1n) is 9.86. The maximum atomic E-state index is 12.5. The van der Waals surface area contributed by atoms with E-state index in [4.69, 9.17) is 0 Å². The van der Waals surface area contributed by atoms with Crippen LogP contribution in [0.15, 0.2) is 84.9 Å². The van der Waals surface area contributed by atoms with E-state index in [1.165, 1.54) is 11.3 Å². The molecule has 1 atom stereocenters. The zero-order valence-electron chi connectivity index (χ0n) is 16.2. The number of carbonyl (C=O) groups is 1. The molecule has 1 N–H and O–H groups in total. The molecule has 0 aliphatic carbocycles. The minimum atomic E-state index is -0.726. The lowest BCUT2D eigenvalue weighted by Crippen LogP contribution is -2.39. The first-order valence-corrected chi connectivity index (χ1v) is 9.86. The molecule has 1 heterocycles. The van der Waals surface area contributed by atoms with Crippen molar-refractivity contribution in [2.45, 2.75) is 12.8 Å². The SMILES string of the molecule is Cc1ccccc1[N+]1(CC(C(=O)O)C(c2ccccc2)c2ccccc2)CC1. The van der Waals surface area contributed by atoms with Crippen LogP contribution < -0.4 is 4.48 Å². The number of benzene rings is 3. The van der Waals surface area contributed by atoms with E-state index in [-0.39, 0.29) is 5.92 Å². The van der Waals surface area contributed by atoms with Crippen LogP contribution in [0.1, 0.15) is 22.6 Å². The van der Waals surface area contributed by atoms with Crippen molar-refractivity contribution in [1.29, 1.82) is 0 Å². The summed E-state index contributed by atoms with van der Waals surface area (Å²) >= 11 is 0. The van der Waals surface area contributed by atoms with Gasteiger partial charge in [-0.05, 0) is 24.1 Å². The van der Waals surface area contributed by atoms with E-state index in [1.807, 2.05) is 66.7 Å². The fourth-order valence-corrected chi connectivity index (χ4v) is 4.42. The number of carboxylic acids is 1. The lowest BCUT2D eigenvalue weighted by molar-refractivity contribution is -0.142. The number of hydrogen-bond acceptors (Lipinski definition) is 1. The number of quaternary nitrogens is 1. The van der Waals surface area contributed by atoms with Gasteiger partial charge in [0.2, 0.25) is 0 Å². The standard InChI is InChI=1S/C25H25NO2/c1-19-10-8-9-15-23(19)26(16-17-26)18-22(25(27)28)24(20-11-4-2-5-12-20)21-13-6-3-7-14-21/h2-15,22,24H,16-18H2,1H3/p+1. The monoisotopic (exact) mass is 372 g/mol. The maximum absolute atomic E-state index is 12.5. The Bertz CT molecular complexity index is 909. The highest BCUT2D eigenvalue weighted by Gasteiger charge is 2.50. The molecular formula is C25H26NO2+. The molecule has 28 heavy (non-hydrogen) atoms. The topological polar surface area (TPSA) is 37.3 Å². The summed E-state index contributed by atoms with van der Waals surface area (Å²) < 4.78 is 0.764. The zero-order valence-corrected chi connectivity index (χ0v) is 16.2. The van der Waals surface area contributed by atoms with Crippen LogP contribution in [-0.4, -0.2) is 30.7 Å². The van der Waals surface area contributed by atoms with Gasteiger partial charge in [0.05, 0.1) is 6.54 Å². The third-order valence-electron chi connectivity index (χ3n) is 5.97. The van der Waals surface area contributed by atoms with E-state index in [9.17, 15) is 9.90 Å². The lowest BCUT2D eigenvalue weighted by atomic mass is 9.80. The Hall–Kier alpha value is -2.91. The molecule has 0 saturated carbocycles. The number of aryl methyl sites for hydroxylation is 1. The zero-order chi connectivity index (χ0) is 19.6. The van der Waals surface area contributed by atoms with Crippen molar-refractivity contribution in [3.05, 3.63) is 102 Å². The van der Waals surface area contributed by atoms with E-state index in [1.54, 1.807) is 0 Å². The van der Waals surface area contributed by atoms with Gasteiger partial charge in [-0.2, -0.15) is 0 Å². The molecule has 1 aliphatic rings. The molecule has 142 valence electrons. The van der Waals surface area contributed by atoms with Crippen LogP contribution in [0.5, 0.6) is 0 Å². The number of aliphatic carboxylic acids is 1. The van der Waals surface area contributed by atoms with Crippen LogP contribution >= 0.6 is 0 Å². The molecule has 4 rings (SSSR count). The van der Waals surface area contributed by atoms with Crippen molar-refractivity contribution in [3.8, 4) is 0 Å². The molecule has 1 fully saturated rings. The summed E-state index contributed by atoms with van der Waals surface area (Å²) in [6, 6.07) is 28.5. The summed E-state index contributed by atoms with van der Waals surface area (Å²) in [5.74, 6) is -1.39. The number of para-hydroxylation sites is 1. The van der Waals surface area contributed by atoms with Crippen molar-refractivity contribution in [2.24, 2.45) is 5.92 Å². The second kappa shape index (κ2) is 7.61. The molecule has 1 aliphatic heterocycles. The van der Waals surface area contributed by atoms with Gasteiger partial charge in [0.25, 0.3) is 0 Å². The highest BCUT2D eigenvalue weighted by Crippen LogP contribution is 2.40. The van der Waals surface area contributed by atoms with Crippen LogP contribution in [0.2, 0.25) is 0 Å². The van der Waals surface area contributed by atoms with Gasteiger partial charge in [0.15, 0.2) is 0 Å². The summed E-state index contributed by atoms with van der Waals surface area (Å²) in [6.07, 6.45) is 0. The molecule has 1 unspecified atom stereocenters. The Morgan fingerprint density at radius 1 is 0.857 bits per heavy atom. The van der Waals surface area contributed by atoms with Crippen molar-refractivity contribution in [3.63, 3.8) is 0 Å². The van der Waals surface area contributed by atoms with Crippen molar-refractivity contribution in [2.75, 3.05) is 19.6 Å². The molecule has 0 aromatic heterocycles. The van der Waals surface area contributed by atoms with Gasteiger partial charge in [0.1, 0.15) is 24.7 Å².